The SMILES string of the molecule is CC(=O)N1CCCN(C(=O)C2CCC(C(=O)O)CC2)CC1. The largest absolute Gasteiger partial charge is 0.481 e. The van der Waals surface area contributed by atoms with E-state index in [0.29, 0.717) is 51.9 Å². The van der Waals surface area contributed by atoms with E-state index in [-0.39, 0.29) is 23.7 Å². The van der Waals surface area contributed by atoms with Crippen molar-refractivity contribution in [3.8, 4) is 0 Å². The first kappa shape index (κ1) is 15.8. The zero-order chi connectivity index (χ0) is 15.4. The number of rotatable bonds is 2. The Labute approximate surface area is 125 Å². The Morgan fingerprint density at radius 3 is 1.95 bits per heavy atom. The zero-order valence-corrected chi connectivity index (χ0v) is 12.6. The number of carboxylic acids is 1. The Morgan fingerprint density at radius 2 is 1.38 bits per heavy atom. The van der Waals surface area contributed by atoms with Gasteiger partial charge in [-0.05, 0) is 32.1 Å². The molecular weight excluding hydrogens is 272 g/mol. The van der Waals surface area contributed by atoms with E-state index >= 15 is 0 Å². The van der Waals surface area contributed by atoms with Crippen molar-refractivity contribution in [3.05, 3.63) is 0 Å². The van der Waals surface area contributed by atoms with E-state index in [4.69, 9.17) is 5.11 Å². The van der Waals surface area contributed by atoms with Gasteiger partial charge in [0.1, 0.15) is 0 Å². The molecule has 0 aromatic heterocycles. The molecule has 2 rings (SSSR count). The molecule has 0 radical (unpaired) electrons. The Kier molecular flexibility index (Phi) is 5.20. The van der Waals surface area contributed by atoms with E-state index in [1.165, 1.54) is 0 Å². The Bertz CT molecular complexity index is 416. The van der Waals surface area contributed by atoms with Gasteiger partial charge in [0.2, 0.25) is 11.8 Å². The molecule has 0 aromatic carbocycles. The van der Waals surface area contributed by atoms with Crippen LogP contribution in [-0.4, -0.2) is 58.9 Å². The maximum Gasteiger partial charge on any atom is 0.306 e. The van der Waals surface area contributed by atoms with Crippen LogP contribution in [0.3, 0.4) is 0 Å². The number of aliphatic carboxylic acids is 1. The second-order valence-electron chi connectivity index (χ2n) is 6.07. The minimum Gasteiger partial charge on any atom is -0.481 e. The van der Waals surface area contributed by atoms with Crippen LogP contribution in [0, 0.1) is 11.8 Å². The second kappa shape index (κ2) is 6.91. The zero-order valence-electron chi connectivity index (χ0n) is 12.6. The van der Waals surface area contributed by atoms with E-state index in [9.17, 15) is 14.4 Å². The smallest absolute Gasteiger partial charge is 0.306 e. The predicted molar refractivity (Wildman–Crippen MR) is 76.5 cm³/mol. The highest BCUT2D eigenvalue weighted by molar-refractivity contribution is 5.80. The Balaban J connectivity index is 1.86. The molecule has 1 N–H and O–H groups in total. The quantitative estimate of drug-likeness (QED) is 0.823. The van der Waals surface area contributed by atoms with Gasteiger partial charge >= 0.3 is 5.97 Å². The van der Waals surface area contributed by atoms with Crippen LogP contribution >= 0.6 is 0 Å². The van der Waals surface area contributed by atoms with Crippen LogP contribution < -0.4 is 0 Å². The van der Waals surface area contributed by atoms with E-state index in [1.54, 1.807) is 11.8 Å². The lowest BCUT2D eigenvalue weighted by Crippen LogP contribution is -2.41. The first-order valence-corrected chi connectivity index (χ1v) is 7.76. The fraction of sp³-hybridized carbons (Fsp3) is 0.800. The number of amides is 2. The van der Waals surface area contributed by atoms with Crippen LogP contribution in [-0.2, 0) is 14.4 Å². The van der Waals surface area contributed by atoms with Gasteiger partial charge in [0, 0.05) is 39.0 Å². The van der Waals surface area contributed by atoms with Crippen molar-refractivity contribution in [2.24, 2.45) is 11.8 Å². The average Bonchev–Trinajstić information content (AvgIpc) is 2.72. The van der Waals surface area contributed by atoms with Crippen LogP contribution in [0.5, 0.6) is 0 Å². The summed E-state index contributed by atoms with van der Waals surface area (Å²) in [6, 6.07) is 0. The standard InChI is InChI=1S/C15H24N2O4/c1-11(18)16-7-2-8-17(10-9-16)14(19)12-3-5-13(6-4-12)15(20)21/h12-13H,2-10H2,1H3,(H,20,21). The maximum atomic E-state index is 12.5. The number of hydrogen-bond acceptors (Lipinski definition) is 3. The van der Waals surface area contributed by atoms with Crippen molar-refractivity contribution >= 4 is 17.8 Å². The summed E-state index contributed by atoms with van der Waals surface area (Å²) in [5, 5.41) is 9.00. The summed E-state index contributed by atoms with van der Waals surface area (Å²) < 4.78 is 0. The third-order valence-electron chi connectivity index (χ3n) is 4.68. The Morgan fingerprint density at radius 1 is 0.857 bits per heavy atom. The van der Waals surface area contributed by atoms with Gasteiger partial charge in [-0.3, -0.25) is 14.4 Å². The van der Waals surface area contributed by atoms with Gasteiger partial charge in [-0.1, -0.05) is 0 Å². The summed E-state index contributed by atoms with van der Waals surface area (Å²) in [4.78, 5) is 38.5. The lowest BCUT2D eigenvalue weighted by atomic mass is 9.81. The molecule has 0 atom stereocenters. The molecule has 118 valence electrons. The number of carboxylic acid groups (broad SMARTS) is 1. The highest BCUT2D eigenvalue weighted by Gasteiger charge is 2.32. The second-order valence-corrected chi connectivity index (χ2v) is 6.07. The fourth-order valence-electron chi connectivity index (χ4n) is 3.30. The molecule has 2 amide bonds. The molecule has 1 saturated heterocycles. The molecule has 1 saturated carbocycles. The van der Waals surface area contributed by atoms with Gasteiger partial charge in [-0.2, -0.15) is 0 Å². The first-order valence-electron chi connectivity index (χ1n) is 7.76. The summed E-state index contributed by atoms with van der Waals surface area (Å²) in [6.07, 6.45) is 3.35. The molecule has 0 unspecified atom stereocenters. The molecule has 1 aliphatic heterocycles. The van der Waals surface area contributed by atoms with Crippen LogP contribution in [0.2, 0.25) is 0 Å². The van der Waals surface area contributed by atoms with Gasteiger partial charge in [0.25, 0.3) is 0 Å². The maximum absolute atomic E-state index is 12.5. The number of hydrogen-bond donors (Lipinski definition) is 1. The van der Waals surface area contributed by atoms with Crippen molar-refractivity contribution in [3.63, 3.8) is 0 Å². The minimum absolute atomic E-state index is 0.0375. The van der Waals surface area contributed by atoms with E-state index in [1.807, 2.05) is 4.90 Å². The summed E-state index contributed by atoms with van der Waals surface area (Å²) in [5.41, 5.74) is 0. The van der Waals surface area contributed by atoms with Gasteiger partial charge in [0.05, 0.1) is 5.92 Å². The molecule has 2 fully saturated rings. The highest BCUT2D eigenvalue weighted by Crippen LogP contribution is 2.30. The number of carbonyl (C=O) groups excluding carboxylic acids is 2. The van der Waals surface area contributed by atoms with Crippen LogP contribution in [0.1, 0.15) is 39.0 Å². The summed E-state index contributed by atoms with van der Waals surface area (Å²) in [5.74, 6) is -0.862. The molecule has 0 aromatic rings. The van der Waals surface area contributed by atoms with Gasteiger partial charge < -0.3 is 14.9 Å². The van der Waals surface area contributed by atoms with Crippen molar-refractivity contribution < 1.29 is 19.5 Å². The molecule has 1 heterocycles. The van der Waals surface area contributed by atoms with Crippen LogP contribution in [0.25, 0.3) is 0 Å². The molecule has 0 spiro atoms. The van der Waals surface area contributed by atoms with E-state index in [2.05, 4.69) is 0 Å². The molecular formula is C15H24N2O4. The topological polar surface area (TPSA) is 77.9 Å². The molecule has 0 bridgehead atoms. The molecule has 6 heteroatoms. The fourth-order valence-corrected chi connectivity index (χ4v) is 3.30. The number of nitrogens with zero attached hydrogens (tertiary/aromatic N) is 2. The van der Waals surface area contributed by atoms with Gasteiger partial charge in [0.15, 0.2) is 0 Å². The van der Waals surface area contributed by atoms with Crippen molar-refractivity contribution in [1.82, 2.24) is 9.80 Å². The first-order chi connectivity index (χ1) is 9.99. The van der Waals surface area contributed by atoms with Gasteiger partial charge in [-0.25, -0.2) is 0 Å². The molecule has 6 nitrogen and oxygen atoms in total. The molecule has 2 aliphatic rings. The third kappa shape index (κ3) is 3.95. The van der Waals surface area contributed by atoms with Gasteiger partial charge in [-0.15, -0.1) is 0 Å². The van der Waals surface area contributed by atoms with Crippen LogP contribution in [0.15, 0.2) is 0 Å². The highest BCUT2D eigenvalue weighted by atomic mass is 16.4. The average molecular weight is 296 g/mol. The summed E-state index contributed by atoms with van der Waals surface area (Å²) >= 11 is 0. The normalized spacial score (nSPS) is 27.1. The molecule has 1 aliphatic carbocycles. The lowest BCUT2D eigenvalue weighted by Gasteiger charge is -2.30. The molecule has 21 heavy (non-hydrogen) atoms. The van der Waals surface area contributed by atoms with Crippen molar-refractivity contribution in [2.45, 2.75) is 39.0 Å². The number of carbonyl (C=O) groups is 3. The Hall–Kier alpha value is -1.59. The van der Waals surface area contributed by atoms with E-state index in [0.717, 1.165) is 6.42 Å². The third-order valence-corrected chi connectivity index (χ3v) is 4.68. The van der Waals surface area contributed by atoms with Crippen molar-refractivity contribution in [2.75, 3.05) is 26.2 Å². The minimum atomic E-state index is -0.743. The summed E-state index contributed by atoms with van der Waals surface area (Å²) in [7, 11) is 0. The monoisotopic (exact) mass is 296 g/mol. The van der Waals surface area contributed by atoms with E-state index < -0.39 is 5.97 Å². The lowest BCUT2D eigenvalue weighted by molar-refractivity contribution is -0.145. The predicted octanol–water partition coefficient (Wildman–Crippen LogP) is 0.958. The summed E-state index contributed by atoms with van der Waals surface area (Å²) in [6.45, 7) is 4.17. The van der Waals surface area contributed by atoms with Crippen molar-refractivity contribution in [1.29, 1.82) is 0 Å². The van der Waals surface area contributed by atoms with Crippen LogP contribution in [0.4, 0.5) is 0 Å².